The van der Waals surface area contributed by atoms with Gasteiger partial charge >= 0.3 is 0 Å². The molecule has 0 saturated carbocycles. The first-order chi connectivity index (χ1) is 10.0. The predicted octanol–water partition coefficient (Wildman–Crippen LogP) is 4.58. The lowest BCUT2D eigenvalue weighted by Gasteiger charge is -2.20. The van der Waals surface area contributed by atoms with Gasteiger partial charge < -0.3 is 10.1 Å². The third-order valence-corrected chi connectivity index (χ3v) is 3.76. The summed E-state index contributed by atoms with van der Waals surface area (Å²) in [6.07, 6.45) is -0.153. The third-order valence-electron chi connectivity index (χ3n) is 3.05. The molecule has 0 fully saturated rings. The molecular weight excluding hydrogens is 319 g/mol. The Balaban J connectivity index is 2.56. The van der Waals surface area contributed by atoms with Crippen molar-refractivity contribution in [2.24, 2.45) is 0 Å². The van der Waals surface area contributed by atoms with Crippen LogP contribution in [0.15, 0.2) is 18.2 Å². The molecule has 1 unspecified atom stereocenters. The van der Waals surface area contributed by atoms with Crippen LogP contribution in [-0.2, 0) is 11.2 Å². The molecule has 1 rings (SSSR count). The van der Waals surface area contributed by atoms with Gasteiger partial charge in [-0.15, -0.1) is 0 Å². The van der Waals surface area contributed by atoms with Crippen molar-refractivity contribution >= 4 is 23.2 Å². The minimum Gasteiger partial charge on any atom is -0.375 e. The molecule has 0 aromatic heterocycles. The molecule has 0 amide bonds. The Kier molecular flexibility index (Phi) is 9.16. The van der Waals surface area contributed by atoms with Gasteiger partial charge in [0.1, 0.15) is 6.61 Å². The molecule has 0 bridgehead atoms. The molecule has 2 nitrogen and oxygen atoms in total. The average Bonchev–Trinajstić information content (AvgIpc) is 2.43. The van der Waals surface area contributed by atoms with Crippen molar-refractivity contribution in [2.75, 3.05) is 19.8 Å². The quantitative estimate of drug-likeness (QED) is 0.630. The molecule has 1 N–H and O–H groups in total. The molecule has 0 aliphatic heterocycles. The van der Waals surface area contributed by atoms with Crippen LogP contribution in [0.4, 0.5) is 8.78 Å². The molecule has 0 saturated heterocycles. The fourth-order valence-electron chi connectivity index (χ4n) is 2.00. The van der Waals surface area contributed by atoms with E-state index < -0.39 is 13.0 Å². The SMILES string of the molecule is CCCNC(CCOCC(F)F)Cc1c(Cl)cccc1Cl. The van der Waals surface area contributed by atoms with Crippen LogP contribution in [0.1, 0.15) is 25.3 Å². The predicted molar refractivity (Wildman–Crippen MR) is 83.7 cm³/mol. The van der Waals surface area contributed by atoms with E-state index in [4.69, 9.17) is 27.9 Å². The number of rotatable bonds is 10. The second-order valence-corrected chi connectivity index (χ2v) is 5.62. The summed E-state index contributed by atoms with van der Waals surface area (Å²) in [5.41, 5.74) is 0.878. The summed E-state index contributed by atoms with van der Waals surface area (Å²) in [6, 6.07) is 5.49. The molecule has 1 atom stereocenters. The zero-order valence-corrected chi connectivity index (χ0v) is 13.6. The third kappa shape index (κ3) is 7.41. The van der Waals surface area contributed by atoms with Crippen LogP contribution < -0.4 is 5.32 Å². The van der Waals surface area contributed by atoms with E-state index in [2.05, 4.69) is 12.2 Å². The van der Waals surface area contributed by atoms with Gasteiger partial charge in [0.05, 0.1) is 0 Å². The first-order valence-electron chi connectivity index (χ1n) is 7.06. The summed E-state index contributed by atoms with van der Waals surface area (Å²) < 4.78 is 29.0. The van der Waals surface area contributed by atoms with Gasteiger partial charge in [0.15, 0.2) is 0 Å². The first-order valence-corrected chi connectivity index (χ1v) is 7.82. The Hall–Kier alpha value is -0.420. The molecule has 0 aliphatic rings. The molecule has 1 aromatic carbocycles. The Morgan fingerprint density at radius 2 is 1.90 bits per heavy atom. The van der Waals surface area contributed by atoms with Gasteiger partial charge in [0.2, 0.25) is 0 Å². The molecule has 120 valence electrons. The lowest BCUT2D eigenvalue weighted by molar-refractivity contribution is 0.0144. The van der Waals surface area contributed by atoms with Gasteiger partial charge in [-0.1, -0.05) is 36.2 Å². The van der Waals surface area contributed by atoms with E-state index in [9.17, 15) is 8.78 Å². The molecule has 0 heterocycles. The summed E-state index contributed by atoms with van der Waals surface area (Å²) in [7, 11) is 0. The fourth-order valence-corrected chi connectivity index (χ4v) is 2.55. The normalized spacial score (nSPS) is 12.9. The van der Waals surface area contributed by atoms with Gasteiger partial charge in [-0.05, 0) is 43.5 Å². The second kappa shape index (κ2) is 10.3. The van der Waals surface area contributed by atoms with Gasteiger partial charge in [-0.3, -0.25) is 0 Å². The number of ether oxygens (including phenoxy) is 1. The van der Waals surface area contributed by atoms with Gasteiger partial charge in [-0.2, -0.15) is 0 Å². The Bertz CT molecular complexity index is 398. The maximum atomic E-state index is 12.0. The van der Waals surface area contributed by atoms with Crippen molar-refractivity contribution in [3.63, 3.8) is 0 Å². The lowest BCUT2D eigenvalue weighted by atomic mass is 10.0. The number of hydrogen-bond acceptors (Lipinski definition) is 2. The number of nitrogens with one attached hydrogen (secondary N) is 1. The summed E-state index contributed by atoms with van der Waals surface area (Å²) in [4.78, 5) is 0. The Morgan fingerprint density at radius 1 is 1.24 bits per heavy atom. The summed E-state index contributed by atoms with van der Waals surface area (Å²) >= 11 is 12.3. The van der Waals surface area contributed by atoms with Crippen LogP contribution in [0.25, 0.3) is 0 Å². The van der Waals surface area contributed by atoms with Crippen molar-refractivity contribution < 1.29 is 13.5 Å². The van der Waals surface area contributed by atoms with E-state index >= 15 is 0 Å². The minimum atomic E-state index is -2.43. The molecule has 0 spiro atoms. The summed E-state index contributed by atoms with van der Waals surface area (Å²) in [6.45, 7) is 2.68. The second-order valence-electron chi connectivity index (χ2n) is 4.81. The van der Waals surface area contributed by atoms with Crippen molar-refractivity contribution in [1.29, 1.82) is 0 Å². The Labute approximate surface area is 134 Å². The molecule has 1 aromatic rings. The largest absolute Gasteiger partial charge is 0.375 e. The maximum absolute atomic E-state index is 12.0. The Morgan fingerprint density at radius 3 is 2.48 bits per heavy atom. The minimum absolute atomic E-state index is 0.0972. The van der Waals surface area contributed by atoms with Crippen molar-refractivity contribution in [3.8, 4) is 0 Å². The van der Waals surface area contributed by atoms with E-state index in [1.54, 1.807) is 18.2 Å². The van der Waals surface area contributed by atoms with Crippen LogP contribution in [0, 0.1) is 0 Å². The van der Waals surface area contributed by atoms with Crippen LogP contribution in [0.3, 0.4) is 0 Å². The van der Waals surface area contributed by atoms with Gasteiger partial charge in [0.25, 0.3) is 6.43 Å². The highest BCUT2D eigenvalue weighted by Crippen LogP contribution is 2.26. The number of hydrogen-bond donors (Lipinski definition) is 1. The van der Waals surface area contributed by atoms with Crippen molar-refractivity contribution in [3.05, 3.63) is 33.8 Å². The number of halogens is 4. The molecule has 6 heteroatoms. The highest BCUT2D eigenvalue weighted by atomic mass is 35.5. The molecule has 0 radical (unpaired) electrons. The maximum Gasteiger partial charge on any atom is 0.261 e. The lowest BCUT2D eigenvalue weighted by Crippen LogP contribution is -2.33. The van der Waals surface area contributed by atoms with E-state index in [0.29, 0.717) is 22.9 Å². The summed E-state index contributed by atoms with van der Waals surface area (Å²) in [5, 5.41) is 4.62. The van der Waals surface area contributed by atoms with E-state index in [1.165, 1.54) is 0 Å². The molecule has 0 aliphatic carbocycles. The molecular formula is C15H21Cl2F2NO. The number of benzene rings is 1. The monoisotopic (exact) mass is 339 g/mol. The van der Waals surface area contributed by atoms with Crippen LogP contribution >= 0.6 is 23.2 Å². The highest BCUT2D eigenvalue weighted by Gasteiger charge is 2.14. The standard InChI is InChI=1S/C15H21Cl2F2NO/c1-2-7-20-11(6-8-21-10-15(18)19)9-12-13(16)4-3-5-14(12)17/h3-5,11,15,20H,2,6-10H2,1H3. The fraction of sp³-hybridized carbons (Fsp3) is 0.600. The molecule has 21 heavy (non-hydrogen) atoms. The first kappa shape index (κ1) is 18.6. The van der Waals surface area contributed by atoms with E-state index in [1.807, 2.05) is 0 Å². The van der Waals surface area contributed by atoms with E-state index in [0.717, 1.165) is 18.5 Å². The summed E-state index contributed by atoms with van der Waals surface area (Å²) in [5.74, 6) is 0. The van der Waals surface area contributed by atoms with Crippen LogP contribution in [0.5, 0.6) is 0 Å². The van der Waals surface area contributed by atoms with Gasteiger partial charge in [0, 0.05) is 22.7 Å². The van der Waals surface area contributed by atoms with E-state index in [-0.39, 0.29) is 12.6 Å². The highest BCUT2D eigenvalue weighted by molar-refractivity contribution is 6.35. The number of alkyl halides is 2. The van der Waals surface area contributed by atoms with Gasteiger partial charge in [-0.25, -0.2) is 8.78 Å². The van der Waals surface area contributed by atoms with Crippen molar-refractivity contribution in [2.45, 2.75) is 38.7 Å². The zero-order chi connectivity index (χ0) is 15.7. The average molecular weight is 340 g/mol. The van der Waals surface area contributed by atoms with Crippen molar-refractivity contribution in [1.82, 2.24) is 5.32 Å². The topological polar surface area (TPSA) is 21.3 Å². The zero-order valence-electron chi connectivity index (χ0n) is 12.0. The van der Waals surface area contributed by atoms with Crippen LogP contribution in [-0.4, -0.2) is 32.2 Å². The smallest absolute Gasteiger partial charge is 0.261 e. The van der Waals surface area contributed by atoms with Crippen LogP contribution in [0.2, 0.25) is 10.0 Å².